The first kappa shape index (κ1) is 30.7. The van der Waals surface area contributed by atoms with E-state index in [2.05, 4.69) is 66.6 Å². The summed E-state index contributed by atoms with van der Waals surface area (Å²) in [4.78, 5) is 36.5. The number of nitrogens with zero attached hydrogens (tertiary/aromatic N) is 6. The third-order valence-electron chi connectivity index (χ3n) is 9.06. The van der Waals surface area contributed by atoms with Gasteiger partial charge >= 0.3 is 0 Å². The number of fused-ring (bicyclic) bond motifs is 2. The Morgan fingerprint density at radius 2 is 1.69 bits per heavy atom. The average molecular weight is 609 g/mol. The standard InChI is InChI=1S/C36H44N6O3/c1-26-11-12-27(2)42(26)32-15-13-28(23-34(32)45-5)35(43)41-25-30-14-16-33(40(30)24-29-9-6-7-10-31(29)41)36(44)39-21-19-38(20-22-39)18-8-17-37(3)4/h6,9-16,23-24H,7-8,17-22,25H2,1-5H3. The van der Waals surface area contributed by atoms with E-state index in [4.69, 9.17) is 4.74 Å². The Morgan fingerprint density at radius 1 is 0.933 bits per heavy atom. The number of methoxy groups -OCH3 is 1. The van der Waals surface area contributed by atoms with E-state index in [-0.39, 0.29) is 11.8 Å². The second kappa shape index (κ2) is 12.9. The molecule has 1 fully saturated rings. The minimum Gasteiger partial charge on any atom is -0.495 e. The molecular weight excluding hydrogens is 564 g/mol. The van der Waals surface area contributed by atoms with Gasteiger partial charge < -0.3 is 28.6 Å². The molecule has 1 aliphatic carbocycles. The number of hydrogen-bond acceptors (Lipinski definition) is 5. The summed E-state index contributed by atoms with van der Waals surface area (Å²) < 4.78 is 9.90. The predicted octanol–water partition coefficient (Wildman–Crippen LogP) is 4.95. The summed E-state index contributed by atoms with van der Waals surface area (Å²) in [7, 11) is 5.84. The zero-order valence-electron chi connectivity index (χ0n) is 27.1. The van der Waals surface area contributed by atoms with Gasteiger partial charge in [-0.1, -0.05) is 18.2 Å². The zero-order chi connectivity index (χ0) is 31.7. The molecule has 9 heteroatoms. The van der Waals surface area contributed by atoms with Gasteiger partial charge in [-0.25, -0.2) is 0 Å². The molecule has 1 saturated heterocycles. The van der Waals surface area contributed by atoms with Crippen LogP contribution in [0.25, 0.3) is 11.9 Å². The van der Waals surface area contributed by atoms with Crippen molar-refractivity contribution >= 4 is 18.0 Å². The van der Waals surface area contributed by atoms with Crippen molar-refractivity contribution in [1.82, 2.24) is 28.7 Å². The lowest BCUT2D eigenvalue weighted by Crippen LogP contribution is -2.49. The van der Waals surface area contributed by atoms with E-state index in [0.29, 0.717) is 36.6 Å². The Kier molecular flexibility index (Phi) is 8.83. The third kappa shape index (κ3) is 6.15. The summed E-state index contributed by atoms with van der Waals surface area (Å²) in [5, 5.41) is 0. The van der Waals surface area contributed by atoms with Crippen LogP contribution in [0, 0.1) is 13.8 Å². The SMILES string of the molecule is COc1cc(C(=O)N2Cc3ccc(C(=O)N4CCN(CCCN(C)C)CC4)n3C=C3C=CCC=C32)ccc1-n1c(C)ccc1C. The summed E-state index contributed by atoms with van der Waals surface area (Å²) in [5.41, 5.74) is 6.94. The fourth-order valence-corrected chi connectivity index (χ4v) is 6.61. The molecule has 0 atom stereocenters. The van der Waals surface area contributed by atoms with E-state index in [9.17, 15) is 9.59 Å². The maximum Gasteiger partial charge on any atom is 0.270 e. The average Bonchev–Trinajstić information content (AvgIpc) is 3.55. The highest BCUT2D eigenvalue weighted by molar-refractivity contribution is 5.98. The fraction of sp³-hybridized carbons (Fsp3) is 0.389. The van der Waals surface area contributed by atoms with Crippen molar-refractivity contribution in [3.05, 3.63) is 100 Å². The van der Waals surface area contributed by atoms with Crippen LogP contribution in [0.4, 0.5) is 0 Å². The van der Waals surface area contributed by atoms with Crippen LogP contribution in [0.1, 0.15) is 50.8 Å². The lowest BCUT2D eigenvalue weighted by atomic mass is 10.0. The molecule has 2 aromatic heterocycles. The highest BCUT2D eigenvalue weighted by Crippen LogP contribution is 2.33. The van der Waals surface area contributed by atoms with Crippen LogP contribution in [0.15, 0.2) is 72.0 Å². The van der Waals surface area contributed by atoms with Crippen molar-refractivity contribution in [2.45, 2.75) is 33.2 Å². The van der Waals surface area contributed by atoms with E-state index >= 15 is 0 Å². The van der Waals surface area contributed by atoms with E-state index in [0.717, 1.165) is 73.1 Å². The Hall–Kier alpha value is -4.34. The molecule has 0 bridgehead atoms. The summed E-state index contributed by atoms with van der Waals surface area (Å²) in [6.07, 6.45) is 10.1. The highest BCUT2D eigenvalue weighted by Gasteiger charge is 2.30. The largest absolute Gasteiger partial charge is 0.495 e. The van der Waals surface area contributed by atoms with Gasteiger partial charge in [0.05, 0.1) is 19.3 Å². The summed E-state index contributed by atoms with van der Waals surface area (Å²) >= 11 is 0. The third-order valence-corrected chi connectivity index (χ3v) is 9.06. The first-order valence-electron chi connectivity index (χ1n) is 15.9. The van der Waals surface area contributed by atoms with Crippen LogP contribution in [0.5, 0.6) is 5.75 Å². The van der Waals surface area contributed by atoms with Crippen LogP contribution < -0.4 is 4.74 Å². The molecule has 0 spiro atoms. The Labute approximate surface area is 266 Å². The second-order valence-electron chi connectivity index (χ2n) is 12.4. The summed E-state index contributed by atoms with van der Waals surface area (Å²) in [6, 6.07) is 13.7. The number of carbonyl (C=O) groups is 2. The van der Waals surface area contributed by atoms with Gasteiger partial charge in [-0.15, -0.1) is 0 Å². The molecule has 0 radical (unpaired) electrons. The molecule has 9 nitrogen and oxygen atoms in total. The minimum atomic E-state index is -0.110. The topological polar surface area (TPSA) is 66.2 Å². The lowest BCUT2D eigenvalue weighted by molar-refractivity contribution is 0.0626. The van der Waals surface area contributed by atoms with Gasteiger partial charge in [-0.05, 0) is 96.3 Å². The molecule has 236 valence electrons. The van der Waals surface area contributed by atoms with Crippen molar-refractivity contribution in [2.24, 2.45) is 0 Å². The molecule has 2 aliphatic heterocycles. The number of piperazine rings is 1. The molecule has 0 N–H and O–H groups in total. The van der Waals surface area contributed by atoms with E-state index in [1.54, 1.807) is 7.11 Å². The molecule has 45 heavy (non-hydrogen) atoms. The van der Waals surface area contributed by atoms with Crippen LogP contribution in [0.3, 0.4) is 0 Å². The van der Waals surface area contributed by atoms with E-state index < -0.39 is 0 Å². The van der Waals surface area contributed by atoms with Gasteiger partial charge in [-0.3, -0.25) is 14.5 Å². The van der Waals surface area contributed by atoms with Crippen molar-refractivity contribution in [2.75, 3.05) is 60.5 Å². The van der Waals surface area contributed by atoms with Crippen molar-refractivity contribution in [1.29, 1.82) is 0 Å². The van der Waals surface area contributed by atoms with Crippen molar-refractivity contribution in [3.63, 3.8) is 0 Å². The summed E-state index contributed by atoms with van der Waals surface area (Å²) in [6.45, 7) is 9.79. The predicted molar refractivity (Wildman–Crippen MR) is 178 cm³/mol. The van der Waals surface area contributed by atoms with Gasteiger partial charge in [0, 0.05) is 66.3 Å². The molecular formula is C36H44N6O3. The van der Waals surface area contributed by atoms with E-state index in [1.165, 1.54) is 0 Å². The number of amides is 2. The highest BCUT2D eigenvalue weighted by atomic mass is 16.5. The lowest BCUT2D eigenvalue weighted by Gasteiger charge is -2.35. The Morgan fingerprint density at radius 3 is 2.40 bits per heavy atom. The zero-order valence-corrected chi connectivity index (χ0v) is 27.1. The number of allylic oxidation sites excluding steroid dienone is 3. The number of ether oxygens (including phenoxy) is 1. The van der Waals surface area contributed by atoms with Gasteiger partial charge in [0.25, 0.3) is 11.8 Å². The van der Waals surface area contributed by atoms with Crippen LogP contribution in [-0.4, -0.2) is 101 Å². The van der Waals surface area contributed by atoms with Crippen molar-refractivity contribution < 1.29 is 14.3 Å². The Bertz CT molecular complexity index is 1660. The quantitative estimate of drug-likeness (QED) is 0.362. The molecule has 0 unspecified atom stereocenters. The van der Waals surface area contributed by atoms with Gasteiger partial charge in [0.15, 0.2) is 0 Å². The van der Waals surface area contributed by atoms with Crippen LogP contribution >= 0.6 is 0 Å². The van der Waals surface area contributed by atoms with Crippen molar-refractivity contribution in [3.8, 4) is 11.4 Å². The maximum absolute atomic E-state index is 14.2. The number of aryl methyl sites for hydroxylation is 2. The number of benzene rings is 1. The summed E-state index contributed by atoms with van der Waals surface area (Å²) in [5.74, 6) is 0.564. The molecule has 3 aliphatic rings. The van der Waals surface area contributed by atoms with Crippen LogP contribution in [-0.2, 0) is 6.54 Å². The van der Waals surface area contributed by atoms with Gasteiger partial charge in [-0.2, -0.15) is 0 Å². The van der Waals surface area contributed by atoms with Gasteiger partial charge in [0.1, 0.15) is 11.4 Å². The monoisotopic (exact) mass is 608 g/mol. The molecule has 1 aromatic carbocycles. The van der Waals surface area contributed by atoms with E-state index in [1.807, 2.05) is 57.0 Å². The fourth-order valence-electron chi connectivity index (χ4n) is 6.61. The molecule has 6 rings (SSSR count). The molecule has 4 heterocycles. The normalized spacial score (nSPS) is 16.7. The molecule has 2 amide bonds. The smallest absolute Gasteiger partial charge is 0.270 e. The Balaban J connectivity index is 1.24. The first-order chi connectivity index (χ1) is 21.7. The molecule has 0 saturated carbocycles. The van der Waals surface area contributed by atoms with Crippen LogP contribution in [0.2, 0.25) is 0 Å². The minimum absolute atomic E-state index is 0.0343. The van der Waals surface area contributed by atoms with Gasteiger partial charge in [0.2, 0.25) is 0 Å². The molecule has 3 aromatic rings. The maximum atomic E-state index is 14.2. The number of hydrogen-bond donors (Lipinski definition) is 0. The number of rotatable bonds is 8. The number of carbonyl (C=O) groups excluding carboxylic acids is 2. The second-order valence-corrected chi connectivity index (χ2v) is 12.4. The first-order valence-corrected chi connectivity index (χ1v) is 15.9. The number of aromatic nitrogens is 2.